The fourth-order valence-corrected chi connectivity index (χ4v) is 4.88. The lowest BCUT2D eigenvalue weighted by Gasteiger charge is -2.44. The molecule has 1 aromatic rings. The summed E-state index contributed by atoms with van der Waals surface area (Å²) in [5.41, 5.74) is 0.965. The van der Waals surface area contributed by atoms with Crippen LogP contribution in [0, 0.1) is 11.8 Å². The van der Waals surface area contributed by atoms with Crippen molar-refractivity contribution in [3.8, 4) is 5.75 Å². The third-order valence-corrected chi connectivity index (χ3v) is 10.9. The lowest BCUT2D eigenvalue weighted by atomic mass is 9.87. The van der Waals surface area contributed by atoms with Crippen LogP contribution in [0.5, 0.6) is 5.75 Å². The fourth-order valence-electron chi connectivity index (χ4n) is 3.46. The van der Waals surface area contributed by atoms with Crippen LogP contribution in [-0.4, -0.2) is 40.5 Å². The molecule has 1 aliphatic heterocycles. The molecule has 0 aliphatic carbocycles. The molecule has 2 rings (SSSR count). The van der Waals surface area contributed by atoms with Gasteiger partial charge >= 0.3 is 0 Å². The van der Waals surface area contributed by atoms with Crippen LogP contribution < -0.4 is 4.74 Å². The summed E-state index contributed by atoms with van der Waals surface area (Å²) in [6, 6.07) is 7.76. The molecular formula is C23H38O5Si. The Hall–Kier alpha value is -1.21. The van der Waals surface area contributed by atoms with Crippen LogP contribution in [0.25, 0.3) is 0 Å². The first-order valence-corrected chi connectivity index (χ1v) is 13.4. The summed E-state index contributed by atoms with van der Waals surface area (Å²) in [4.78, 5) is 11.4. The number of carbonyl (C=O) groups is 1. The SMILES string of the molecule is COc1ccc([C@@H]2OC[C@H](C)[C@H]([C@@H](C)[C@H](CC=O)O[Si](C)(C)C(C)(C)C)O2)cc1. The standard InChI is InChI=1S/C23H38O5Si/c1-16-15-26-22(18-9-11-19(25-6)12-10-18)27-21(16)17(2)20(13-14-24)28-29(7,8)23(3,4)5/h9-12,14,16-17,20-22H,13,15H2,1-8H3/t16-,17-,20-,21+,22+/m0/s1. The number of rotatable bonds is 8. The average Bonchev–Trinajstić information content (AvgIpc) is 2.66. The number of ether oxygens (including phenoxy) is 3. The minimum Gasteiger partial charge on any atom is -0.497 e. The summed E-state index contributed by atoms with van der Waals surface area (Å²) in [5.74, 6) is 1.10. The molecule has 0 radical (unpaired) electrons. The van der Waals surface area contributed by atoms with Gasteiger partial charge < -0.3 is 23.4 Å². The van der Waals surface area contributed by atoms with Gasteiger partial charge in [0.25, 0.3) is 0 Å². The summed E-state index contributed by atoms with van der Waals surface area (Å²) in [7, 11) is -0.354. The van der Waals surface area contributed by atoms with Crippen molar-refractivity contribution in [3.05, 3.63) is 29.8 Å². The Morgan fingerprint density at radius 3 is 2.38 bits per heavy atom. The second-order valence-electron chi connectivity index (χ2n) is 9.69. The highest BCUT2D eigenvalue weighted by atomic mass is 28.4. The molecule has 1 heterocycles. The Labute approximate surface area is 177 Å². The van der Waals surface area contributed by atoms with Crippen LogP contribution in [-0.2, 0) is 18.7 Å². The molecule has 1 aliphatic rings. The van der Waals surface area contributed by atoms with Gasteiger partial charge in [-0.1, -0.05) is 46.8 Å². The number of carbonyl (C=O) groups excluding carboxylic acids is 1. The molecule has 164 valence electrons. The van der Waals surface area contributed by atoms with E-state index >= 15 is 0 Å². The Balaban J connectivity index is 2.17. The second kappa shape index (κ2) is 9.73. The van der Waals surface area contributed by atoms with Gasteiger partial charge in [0.1, 0.15) is 12.0 Å². The van der Waals surface area contributed by atoms with Gasteiger partial charge in [-0.2, -0.15) is 0 Å². The molecule has 0 bridgehead atoms. The molecule has 0 saturated carbocycles. The maximum Gasteiger partial charge on any atom is 0.192 e. The van der Waals surface area contributed by atoms with E-state index in [2.05, 4.69) is 47.7 Å². The maximum absolute atomic E-state index is 11.4. The smallest absolute Gasteiger partial charge is 0.192 e. The van der Waals surface area contributed by atoms with Gasteiger partial charge in [0.15, 0.2) is 14.6 Å². The number of benzene rings is 1. The van der Waals surface area contributed by atoms with Crippen molar-refractivity contribution in [2.45, 2.75) is 77.7 Å². The van der Waals surface area contributed by atoms with Gasteiger partial charge in [-0.3, -0.25) is 0 Å². The minimum atomic E-state index is -2.00. The molecule has 0 N–H and O–H groups in total. The summed E-state index contributed by atoms with van der Waals surface area (Å²) in [5, 5.41) is 0.0850. The fraction of sp³-hybridized carbons (Fsp3) is 0.696. The molecule has 1 saturated heterocycles. The maximum atomic E-state index is 11.4. The van der Waals surface area contributed by atoms with Gasteiger partial charge in [-0.05, 0) is 30.3 Å². The van der Waals surface area contributed by atoms with Crippen molar-refractivity contribution in [3.63, 3.8) is 0 Å². The van der Waals surface area contributed by atoms with Crippen LogP contribution in [0.3, 0.4) is 0 Å². The van der Waals surface area contributed by atoms with Crippen LogP contribution in [0.1, 0.15) is 52.9 Å². The summed E-state index contributed by atoms with van der Waals surface area (Å²) < 4.78 is 24.2. The largest absolute Gasteiger partial charge is 0.497 e. The second-order valence-corrected chi connectivity index (χ2v) is 14.5. The summed E-state index contributed by atoms with van der Waals surface area (Å²) in [6.45, 7) is 16.0. The van der Waals surface area contributed by atoms with Gasteiger partial charge in [0, 0.05) is 23.8 Å². The van der Waals surface area contributed by atoms with E-state index in [1.165, 1.54) is 0 Å². The van der Waals surface area contributed by atoms with Crippen molar-refractivity contribution in [2.24, 2.45) is 11.8 Å². The molecule has 5 atom stereocenters. The Kier molecular flexibility index (Phi) is 8.07. The monoisotopic (exact) mass is 422 g/mol. The first kappa shape index (κ1) is 24.1. The van der Waals surface area contributed by atoms with E-state index in [4.69, 9.17) is 18.6 Å². The third kappa shape index (κ3) is 5.91. The molecule has 1 aromatic carbocycles. The van der Waals surface area contributed by atoms with Crippen LogP contribution in [0.15, 0.2) is 24.3 Å². The number of hydrogen-bond acceptors (Lipinski definition) is 5. The highest BCUT2D eigenvalue weighted by molar-refractivity contribution is 6.74. The lowest BCUT2D eigenvalue weighted by Crippen LogP contribution is -2.49. The number of aldehydes is 1. The zero-order chi connectivity index (χ0) is 21.8. The van der Waals surface area contributed by atoms with Gasteiger partial charge in [-0.25, -0.2) is 0 Å². The third-order valence-electron chi connectivity index (χ3n) is 6.43. The van der Waals surface area contributed by atoms with Crippen molar-refractivity contribution in [2.75, 3.05) is 13.7 Å². The van der Waals surface area contributed by atoms with Gasteiger partial charge in [0.2, 0.25) is 0 Å². The summed E-state index contributed by atoms with van der Waals surface area (Å²) in [6.07, 6.45) is 0.725. The quantitative estimate of drug-likeness (QED) is 0.417. The predicted molar refractivity (Wildman–Crippen MR) is 118 cm³/mol. The van der Waals surface area contributed by atoms with Crippen LogP contribution in [0.4, 0.5) is 0 Å². The predicted octanol–water partition coefficient (Wildman–Crippen LogP) is 5.36. The minimum absolute atomic E-state index is 0.0504. The molecule has 29 heavy (non-hydrogen) atoms. The normalized spacial score (nSPS) is 25.3. The summed E-state index contributed by atoms with van der Waals surface area (Å²) >= 11 is 0. The highest BCUT2D eigenvalue weighted by Crippen LogP contribution is 2.40. The molecular weight excluding hydrogens is 384 g/mol. The van der Waals surface area contributed by atoms with Gasteiger partial charge in [-0.15, -0.1) is 0 Å². The first-order valence-electron chi connectivity index (χ1n) is 10.5. The Bertz CT molecular complexity index is 652. The average molecular weight is 423 g/mol. The lowest BCUT2D eigenvalue weighted by molar-refractivity contribution is -0.255. The molecule has 1 fully saturated rings. The first-order chi connectivity index (χ1) is 13.5. The van der Waals surface area contributed by atoms with E-state index in [-0.39, 0.29) is 29.1 Å². The number of methoxy groups -OCH3 is 1. The highest BCUT2D eigenvalue weighted by Gasteiger charge is 2.43. The molecule has 0 amide bonds. The van der Waals surface area contributed by atoms with E-state index in [0.29, 0.717) is 13.0 Å². The number of hydrogen-bond donors (Lipinski definition) is 0. The molecule has 0 aromatic heterocycles. The molecule has 0 spiro atoms. The van der Waals surface area contributed by atoms with Gasteiger partial charge in [0.05, 0.1) is 25.9 Å². The van der Waals surface area contributed by atoms with E-state index in [1.807, 2.05) is 24.3 Å². The molecule has 6 heteroatoms. The molecule has 5 nitrogen and oxygen atoms in total. The van der Waals surface area contributed by atoms with Crippen molar-refractivity contribution >= 4 is 14.6 Å². The van der Waals surface area contributed by atoms with Crippen molar-refractivity contribution < 1.29 is 23.4 Å². The topological polar surface area (TPSA) is 54.0 Å². The van der Waals surface area contributed by atoms with E-state index in [1.54, 1.807) is 7.11 Å². The zero-order valence-corrected chi connectivity index (χ0v) is 20.2. The Morgan fingerprint density at radius 1 is 1.24 bits per heavy atom. The van der Waals surface area contributed by atoms with E-state index < -0.39 is 14.6 Å². The van der Waals surface area contributed by atoms with Crippen LogP contribution in [0.2, 0.25) is 18.1 Å². The Morgan fingerprint density at radius 2 is 1.86 bits per heavy atom. The van der Waals surface area contributed by atoms with E-state index in [0.717, 1.165) is 17.6 Å². The van der Waals surface area contributed by atoms with E-state index in [9.17, 15) is 4.79 Å². The zero-order valence-electron chi connectivity index (χ0n) is 19.2. The van der Waals surface area contributed by atoms with Crippen molar-refractivity contribution in [1.29, 1.82) is 0 Å². The molecule has 0 unspecified atom stereocenters. The van der Waals surface area contributed by atoms with Crippen LogP contribution >= 0.6 is 0 Å². The van der Waals surface area contributed by atoms with Crippen molar-refractivity contribution in [1.82, 2.24) is 0 Å².